The average molecular weight is 567 g/mol. The van der Waals surface area contributed by atoms with Crippen molar-refractivity contribution in [3.05, 3.63) is 70.0 Å². The normalized spacial score (nSPS) is 12.8. The third kappa shape index (κ3) is 7.34. The van der Waals surface area contributed by atoms with E-state index in [-0.39, 0.29) is 27.6 Å². The summed E-state index contributed by atoms with van der Waals surface area (Å²) in [6, 6.07) is 8.93. The number of carbonyl (C=O) groups excluding carboxylic acids is 1. The highest BCUT2D eigenvalue weighted by atomic mass is 35.5. The first-order valence-electron chi connectivity index (χ1n) is 11.1. The molecule has 3 rings (SSSR count). The van der Waals surface area contributed by atoms with E-state index in [1.807, 2.05) is 13.8 Å². The second kappa shape index (κ2) is 12.8. The van der Waals surface area contributed by atoms with E-state index < -0.39 is 27.5 Å². The maximum Gasteiger partial charge on any atom is 0.274 e. The molecule has 0 bridgehead atoms. The van der Waals surface area contributed by atoms with Crippen molar-refractivity contribution in [3.63, 3.8) is 0 Å². The zero-order valence-electron chi connectivity index (χ0n) is 21.0. The van der Waals surface area contributed by atoms with E-state index in [1.54, 1.807) is 13.0 Å². The molecule has 2 atom stereocenters. The van der Waals surface area contributed by atoms with E-state index in [0.29, 0.717) is 21.4 Å². The summed E-state index contributed by atoms with van der Waals surface area (Å²) < 4.78 is 30.9. The maximum atomic E-state index is 12.8. The second-order valence-electron chi connectivity index (χ2n) is 7.56. The van der Waals surface area contributed by atoms with Gasteiger partial charge in [0, 0.05) is 35.5 Å². The number of nitrogens with one attached hydrogen (secondary N) is 3. The molecule has 1 amide bonds. The number of nitrogen functional groups attached to an aromatic ring is 1. The molecule has 0 fully saturated rings. The fourth-order valence-electron chi connectivity index (χ4n) is 3.22. The van der Waals surface area contributed by atoms with Crippen LogP contribution < -0.4 is 20.5 Å². The third-order valence-electron chi connectivity index (χ3n) is 5.00. The molecule has 198 valence electrons. The first-order chi connectivity index (χ1) is 17.4. The highest BCUT2D eigenvalue weighted by Gasteiger charge is 2.20. The van der Waals surface area contributed by atoms with E-state index in [1.165, 1.54) is 56.1 Å². The SMILES string of the molecule is CC.COc1cc(S(C)(=N)=O)ccc1NC(=O)C(=N)c1cc(OC(C)c2c(Cl)cncc2Cl)ccc1N. The molecule has 0 aliphatic carbocycles. The summed E-state index contributed by atoms with van der Waals surface area (Å²) in [6.07, 6.45) is 3.65. The van der Waals surface area contributed by atoms with Gasteiger partial charge in [0.2, 0.25) is 0 Å². The molecule has 0 spiro atoms. The van der Waals surface area contributed by atoms with Crippen molar-refractivity contribution in [2.45, 2.75) is 31.8 Å². The topological polar surface area (TPSA) is 151 Å². The number of carbonyl (C=O) groups is 1. The van der Waals surface area contributed by atoms with Crippen molar-refractivity contribution in [2.24, 2.45) is 0 Å². The fraction of sp³-hybridized carbons (Fsp3) is 0.240. The van der Waals surface area contributed by atoms with Crippen molar-refractivity contribution in [1.82, 2.24) is 4.98 Å². The summed E-state index contributed by atoms with van der Waals surface area (Å²) in [7, 11) is -1.59. The number of amides is 1. The highest BCUT2D eigenvalue weighted by molar-refractivity contribution is 7.91. The lowest BCUT2D eigenvalue weighted by atomic mass is 10.1. The summed E-state index contributed by atoms with van der Waals surface area (Å²) in [4.78, 5) is 17.0. The molecule has 1 aromatic heterocycles. The summed E-state index contributed by atoms with van der Waals surface area (Å²) in [5.74, 6) is -0.204. The van der Waals surface area contributed by atoms with Crippen molar-refractivity contribution >= 4 is 55.9 Å². The Bertz CT molecular complexity index is 1390. The quantitative estimate of drug-likeness (QED) is 0.189. The largest absolute Gasteiger partial charge is 0.495 e. The number of methoxy groups -OCH3 is 1. The zero-order valence-corrected chi connectivity index (χ0v) is 23.3. The van der Waals surface area contributed by atoms with Gasteiger partial charge in [0.25, 0.3) is 5.91 Å². The predicted molar refractivity (Wildman–Crippen MR) is 149 cm³/mol. The van der Waals surface area contributed by atoms with Gasteiger partial charge in [-0.25, -0.2) is 8.99 Å². The monoisotopic (exact) mass is 565 g/mol. The second-order valence-corrected chi connectivity index (χ2v) is 10.5. The van der Waals surface area contributed by atoms with Gasteiger partial charge in [0.15, 0.2) is 0 Å². The van der Waals surface area contributed by atoms with Gasteiger partial charge in [-0.05, 0) is 43.3 Å². The maximum absolute atomic E-state index is 12.8. The average Bonchev–Trinajstić information content (AvgIpc) is 2.85. The number of aromatic nitrogens is 1. The zero-order chi connectivity index (χ0) is 27.9. The Morgan fingerprint density at radius 3 is 2.32 bits per heavy atom. The lowest BCUT2D eigenvalue weighted by molar-refractivity contribution is -0.110. The first-order valence-corrected chi connectivity index (χ1v) is 13.8. The molecule has 9 nitrogen and oxygen atoms in total. The molecule has 12 heteroatoms. The molecule has 2 unspecified atom stereocenters. The smallest absolute Gasteiger partial charge is 0.274 e. The molecule has 3 aromatic rings. The van der Waals surface area contributed by atoms with Crippen molar-refractivity contribution in [3.8, 4) is 11.5 Å². The number of anilines is 2. The standard InChI is InChI=1S/C23H23Cl2N5O4S.C2H6/c1-12(21-16(24)10-29-11-17(21)25)34-13-4-6-18(26)15(8-13)22(27)23(31)30-19-7-5-14(35(3,28)32)9-20(19)33-2;1-2/h4-12,27-28H,26H2,1-3H3,(H,30,31);1-2H3. The number of rotatable bonds is 8. The lowest BCUT2D eigenvalue weighted by Crippen LogP contribution is -2.24. The van der Waals surface area contributed by atoms with E-state index >= 15 is 0 Å². The van der Waals surface area contributed by atoms with Crippen LogP contribution in [0.15, 0.2) is 53.7 Å². The Balaban J connectivity index is 0.00000235. The van der Waals surface area contributed by atoms with Crippen LogP contribution in [0.1, 0.15) is 38.0 Å². The summed E-state index contributed by atoms with van der Waals surface area (Å²) in [6.45, 7) is 5.75. The van der Waals surface area contributed by atoms with Gasteiger partial charge in [0.05, 0.1) is 37.5 Å². The van der Waals surface area contributed by atoms with Gasteiger partial charge < -0.3 is 20.5 Å². The number of nitrogens with zero attached hydrogens (tertiary/aromatic N) is 1. The molecule has 0 saturated heterocycles. The number of nitrogens with two attached hydrogens (primary N) is 1. The minimum absolute atomic E-state index is 0.150. The Morgan fingerprint density at radius 1 is 1.14 bits per heavy atom. The van der Waals surface area contributed by atoms with Gasteiger partial charge in [-0.2, -0.15) is 0 Å². The highest BCUT2D eigenvalue weighted by Crippen LogP contribution is 2.33. The molecular formula is C25H29Cl2N5O4S. The molecule has 0 aliphatic rings. The predicted octanol–water partition coefficient (Wildman–Crippen LogP) is 6.19. The van der Waals surface area contributed by atoms with Crippen LogP contribution in [0.2, 0.25) is 10.0 Å². The molecular weight excluding hydrogens is 537 g/mol. The van der Waals surface area contributed by atoms with Crippen LogP contribution in [0.3, 0.4) is 0 Å². The summed E-state index contributed by atoms with van der Waals surface area (Å²) in [5, 5.41) is 11.7. The van der Waals surface area contributed by atoms with Crippen LogP contribution in [0.25, 0.3) is 0 Å². The molecule has 1 heterocycles. The Labute approximate surface area is 226 Å². The Morgan fingerprint density at radius 2 is 1.76 bits per heavy atom. The van der Waals surface area contributed by atoms with Crippen LogP contribution in [0, 0.1) is 10.2 Å². The van der Waals surface area contributed by atoms with Crippen LogP contribution in [0.4, 0.5) is 11.4 Å². The lowest BCUT2D eigenvalue weighted by Gasteiger charge is -2.18. The molecule has 37 heavy (non-hydrogen) atoms. The number of benzene rings is 2. The number of pyridine rings is 1. The van der Waals surface area contributed by atoms with E-state index in [0.717, 1.165) is 0 Å². The minimum atomic E-state index is -2.97. The van der Waals surface area contributed by atoms with E-state index in [2.05, 4.69) is 10.3 Å². The Kier molecular flexibility index (Phi) is 10.3. The molecule has 0 saturated carbocycles. The van der Waals surface area contributed by atoms with Crippen molar-refractivity contribution in [1.29, 1.82) is 10.2 Å². The van der Waals surface area contributed by atoms with Gasteiger partial charge in [-0.1, -0.05) is 37.0 Å². The number of ether oxygens (including phenoxy) is 2. The first kappa shape index (κ1) is 29.9. The summed E-state index contributed by atoms with van der Waals surface area (Å²) >= 11 is 12.4. The van der Waals surface area contributed by atoms with Crippen molar-refractivity contribution < 1.29 is 18.5 Å². The van der Waals surface area contributed by atoms with Gasteiger partial charge in [0.1, 0.15) is 23.3 Å². The summed E-state index contributed by atoms with van der Waals surface area (Å²) in [5.41, 5.74) is 6.77. The number of hydrogen-bond acceptors (Lipinski definition) is 8. The van der Waals surface area contributed by atoms with E-state index in [9.17, 15) is 9.00 Å². The number of hydrogen-bond donors (Lipinski definition) is 4. The molecule has 5 N–H and O–H groups in total. The van der Waals surface area contributed by atoms with Crippen LogP contribution in [-0.2, 0) is 14.5 Å². The van der Waals surface area contributed by atoms with Gasteiger partial charge >= 0.3 is 0 Å². The molecule has 0 aliphatic heterocycles. The third-order valence-corrected chi connectivity index (χ3v) is 6.76. The Hall–Kier alpha value is -3.34. The minimum Gasteiger partial charge on any atom is -0.495 e. The van der Waals surface area contributed by atoms with Gasteiger partial charge in [-0.15, -0.1) is 0 Å². The van der Waals surface area contributed by atoms with E-state index in [4.69, 9.17) is 48.6 Å². The number of halogens is 2. The van der Waals surface area contributed by atoms with Crippen LogP contribution in [0.5, 0.6) is 11.5 Å². The molecule has 2 aromatic carbocycles. The van der Waals surface area contributed by atoms with Crippen molar-refractivity contribution in [2.75, 3.05) is 24.4 Å². The van der Waals surface area contributed by atoms with Gasteiger partial charge in [-0.3, -0.25) is 15.2 Å². The molecule has 0 radical (unpaired) electrons. The fourth-order valence-corrected chi connectivity index (χ4v) is 4.55. The van der Waals surface area contributed by atoms with Crippen LogP contribution in [-0.4, -0.2) is 34.2 Å². The van der Waals surface area contributed by atoms with Crippen LogP contribution >= 0.6 is 23.2 Å².